The largest absolute Gasteiger partial charge is 0.480 e. The van der Waals surface area contributed by atoms with Crippen molar-refractivity contribution in [3.8, 4) is 16.5 Å². The maximum absolute atomic E-state index is 13.0. The number of amides is 1. The Morgan fingerprint density at radius 1 is 1.29 bits per heavy atom. The average Bonchev–Trinajstić information content (AvgIpc) is 3.36. The number of thiophene rings is 1. The van der Waals surface area contributed by atoms with Gasteiger partial charge in [-0.3, -0.25) is 4.79 Å². The molecule has 3 rings (SSSR count). The van der Waals surface area contributed by atoms with E-state index < -0.39 is 6.10 Å². The fourth-order valence-electron chi connectivity index (χ4n) is 2.93. The van der Waals surface area contributed by atoms with Gasteiger partial charge in [-0.25, -0.2) is 0 Å². The molecule has 1 amide bonds. The van der Waals surface area contributed by atoms with Gasteiger partial charge in [-0.1, -0.05) is 35.8 Å². The number of hydrogen-bond acceptors (Lipinski definition) is 6. The number of likely N-dealkylation sites (N-methyl/N-ethyl adjacent to an activating group) is 1. The van der Waals surface area contributed by atoms with Crippen LogP contribution in [-0.2, 0) is 11.3 Å². The highest BCUT2D eigenvalue weighted by atomic mass is 32.1. The van der Waals surface area contributed by atoms with Crippen LogP contribution in [0.2, 0.25) is 0 Å². The van der Waals surface area contributed by atoms with Crippen LogP contribution in [-0.4, -0.2) is 33.6 Å². The van der Waals surface area contributed by atoms with Gasteiger partial charge in [0, 0.05) is 6.54 Å². The van der Waals surface area contributed by atoms with Crippen molar-refractivity contribution in [3.05, 3.63) is 52.7 Å². The summed E-state index contributed by atoms with van der Waals surface area (Å²) >= 11 is 1.55. The standard InChI is InChI=1S/C21H25N3O3S/c1-5-16(26-17-10-9-14(3)12-15(17)4)21(25)24(6-2)13-19-22-20(23-27-19)18-8-7-11-28-18/h7-12,16H,5-6,13H2,1-4H3/t16-/m1/s1. The topological polar surface area (TPSA) is 68.5 Å². The summed E-state index contributed by atoms with van der Waals surface area (Å²) in [6.07, 6.45) is 0.0217. The number of aromatic nitrogens is 2. The van der Waals surface area contributed by atoms with Crippen LogP contribution < -0.4 is 4.74 Å². The molecule has 0 aliphatic rings. The second kappa shape index (κ2) is 9.01. The third-order valence-electron chi connectivity index (χ3n) is 4.48. The summed E-state index contributed by atoms with van der Waals surface area (Å²) in [7, 11) is 0. The maximum Gasteiger partial charge on any atom is 0.264 e. The summed E-state index contributed by atoms with van der Waals surface area (Å²) in [6.45, 7) is 8.69. The van der Waals surface area contributed by atoms with Crippen molar-refractivity contribution in [2.75, 3.05) is 6.54 Å². The minimum atomic E-state index is -0.555. The third-order valence-corrected chi connectivity index (χ3v) is 5.34. The first-order valence-electron chi connectivity index (χ1n) is 9.41. The van der Waals surface area contributed by atoms with Crippen LogP contribution in [0.3, 0.4) is 0 Å². The number of hydrogen-bond donors (Lipinski definition) is 0. The Kier molecular flexibility index (Phi) is 6.46. The number of carbonyl (C=O) groups is 1. The van der Waals surface area contributed by atoms with Crippen molar-refractivity contribution in [2.24, 2.45) is 0 Å². The normalized spacial score (nSPS) is 12.0. The van der Waals surface area contributed by atoms with Gasteiger partial charge in [0.25, 0.3) is 5.91 Å². The van der Waals surface area contributed by atoms with Gasteiger partial charge in [0.1, 0.15) is 12.3 Å². The van der Waals surface area contributed by atoms with E-state index in [1.54, 1.807) is 16.2 Å². The molecule has 2 heterocycles. The van der Waals surface area contributed by atoms with Crippen molar-refractivity contribution in [1.29, 1.82) is 0 Å². The molecule has 0 aliphatic heterocycles. The molecule has 0 N–H and O–H groups in total. The number of carbonyl (C=O) groups excluding carboxylic acids is 1. The van der Waals surface area contributed by atoms with Crippen molar-refractivity contribution in [3.63, 3.8) is 0 Å². The third kappa shape index (κ3) is 4.59. The summed E-state index contributed by atoms with van der Waals surface area (Å²) in [6, 6.07) is 9.83. The molecular formula is C21H25N3O3S. The highest BCUT2D eigenvalue weighted by Crippen LogP contribution is 2.23. The van der Waals surface area contributed by atoms with Crippen LogP contribution in [0.25, 0.3) is 10.7 Å². The van der Waals surface area contributed by atoms with E-state index in [9.17, 15) is 4.79 Å². The summed E-state index contributed by atoms with van der Waals surface area (Å²) in [5, 5.41) is 5.97. The molecule has 7 heteroatoms. The molecule has 2 aromatic heterocycles. The molecule has 0 saturated heterocycles. The van der Waals surface area contributed by atoms with E-state index in [0.29, 0.717) is 24.7 Å². The second-order valence-corrected chi connectivity index (χ2v) is 7.57. The Hall–Kier alpha value is -2.67. The molecule has 28 heavy (non-hydrogen) atoms. The van der Waals surface area contributed by atoms with E-state index in [1.165, 1.54) is 0 Å². The Morgan fingerprint density at radius 2 is 2.11 bits per heavy atom. The van der Waals surface area contributed by atoms with Gasteiger partial charge >= 0.3 is 0 Å². The Bertz CT molecular complexity index is 921. The van der Waals surface area contributed by atoms with E-state index in [-0.39, 0.29) is 12.5 Å². The summed E-state index contributed by atoms with van der Waals surface area (Å²) in [5.41, 5.74) is 2.18. The van der Waals surface area contributed by atoms with E-state index in [1.807, 2.05) is 57.3 Å². The molecule has 0 saturated carbocycles. The van der Waals surface area contributed by atoms with Crippen LogP contribution in [0.1, 0.15) is 37.3 Å². The van der Waals surface area contributed by atoms with Gasteiger partial charge in [-0.15, -0.1) is 11.3 Å². The first kappa shape index (κ1) is 20.1. The predicted molar refractivity (Wildman–Crippen MR) is 109 cm³/mol. The predicted octanol–water partition coefficient (Wildman–Crippen LogP) is 4.62. The quantitative estimate of drug-likeness (QED) is 0.553. The SMILES string of the molecule is CC[C@@H](Oc1ccc(C)cc1C)C(=O)N(CC)Cc1nc(-c2cccs2)no1. The summed E-state index contributed by atoms with van der Waals surface area (Å²) in [5.74, 6) is 1.62. The molecule has 0 radical (unpaired) electrons. The van der Waals surface area contributed by atoms with Crippen LogP contribution in [0, 0.1) is 13.8 Å². The molecule has 3 aromatic rings. The average molecular weight is 400 g/mol. The molecule has 6 nitrogen and oxygen atoms in total. The lowest BCUT2D eigenvalue weighted by molar-refractivity contribution is -0.139. The highest BCUT2D eigenvalue weighted by molar-refractivity contribution is 7.13. The summed E-state index contributed by atoms with van der Waals surface area (Å²) < 4.78 is 11.4. The second-order valence-electron chi connectivity index (χ2n) is 6.63. The van der Waals surface area contributed by atoms with Crippen LogP contribution >= 0.6 is 11.3 Å². The number of ether oxygens (including phenoxy) is 1. The van der Waals surface area contributed by atoms with Crippen LogP contribution in [0.4, 0.5) is 0 Å². The molecule has 0 spiro atoms. The zero-order chi connectivity index (χ0) is 20.1. The van der Waals surface area contributed by atoms with Gasteiger partial charge < -0.3 is 14.2 Å². The monoisotopic (exact) mass is 399 g/mol. The minimum absolute atomic E-state index is 0.0825. The van der Waals surface area contributed by atoms with Gasteiger partial charge in [0.2, 0.25) is 11.7 Å². The molecule has 0 aliphatic carbocycles. The Balaban J connectivity index is 1.70. The lowest BCUT2D eigenvalue weighted by Gasteiger charge is -2.25. The highest BCUT2D eigenvalue weighted by Gasteiger charge is 2.26. The Labute approximate surface area is 169 Å². The van der Waals surface area contributed by atoms with Gasteiger partial charge in [0.15, 0.2) is 6.10 Å². The summed E-state index contributed by atoms with van der Waals surface area (Å²) in [4.78, 5) is 20.1. The zero-order valence-electron chi connectivity index (χ0n) is 16.6. The first-order chi connectivity index (χ1) is 13.5. The minimum Gasteiger partial charge on any atom is -0.480 e. The fourth-order valence-corrected chi connectivity index (χ4v) is 3.58. The van der Waals surface area contributed by atoms with Crippen LogP contribution in [0.5, 0.6) is 5.75 Å². The number of rotatable bonds is 8. The van der Waals surface area contributed by atoms with E-state index in [4.69, 9.17) is 9.26 Å². The van der Waals surface area contributed by atoms with Crippen LogP contribution in [0.15, 0.2) is 40.2 Å². The molecule has 0 fully saturated rings. The van der Waals surface area contributed by atoms with Crippen molar-refractivity contribution >= 4 is 17.2 Å². The lowest BCUT2D eigenvalue weighted by atomic mass is 10.1. The molecule has 148 valence electrons. The molecule has 1 atom stereocenters. The smallest absolute Gasteiger partial charge is 0.264 e. The van der Waals surface area contributed by atoms with E-state index >= 15 is 0 Å². The van der Waals surface area contributed by atoms with Crippen molar-refractivity contribution < 1.29 is 14.1 Å². The molecule has 0 unspecified atom stereocenters. The zero-order valence-corrected chi connectivity index (χ0v) is 17.5. The number of aryl methyl sites for hydroxylation is 2. The lowest BCUT2D eigenvalue weighted by Crippen LogP contribution is -2.41. The van der Waals surface area contributed by atoms with Gasteiger partial charge in [-0.2, -0.15) is 4.98 Å². The maximum atomic E-state index is 13.0. The van der Waals surface area contributed by atoms with Gasteiger partial charge in [-0.05, 0) is 50.3 Å². The molecule has 0 bridgehead atoms. The Morgan fingerprint density at radius 3 is 2.75 bits per heavy atom. The van der Waals surface area contributed by atoms with Gasteiger partial charge in [0.05, 0.1) is 4.88 Å². The number of benzene rings is 1. The van der Waals surface area contributed by atoms with E-state index in [2.05, 4.69) is 16.2 Å². The molecule has 1 aromatic carbocycles. The first-order valence-corrected chi connectivity index (χ1v) is 10.3. The molecular weight excluding hydrogens is 374 g/mol. The van der Waals surface area contributed by atoms with E-state index in [0.717, 1.165) is 21.8 Å². The fraction of sp³-hybridized carbons (Fsp3) is 0.381. The van der Waals surface area contributed by atoms with Crippen molar-refractivity contribution in [2.45, 2.75) is 46.8 Å². The number of nitrogens with zero attached hydrogens (tertiary/aromatic N) is 3. The van der Waals surface area contributed by atoms with Crippen molar-refractivity contribution in [1.82, 2.24) is 15.0 Å².